The van der Waals surface area contributed by atoms with E-state index in [9.17, 15) is 14.7 Å². The zero-order valence-electron chi connectivity index (χ0n) is 14.3. The molecule has 0 fully saturated rings. The SMILES string of the molecule is CCSCC[C@@H](N)C(O)C(=O)NNC(=O)c1ccc(N(C)C)cc1. The number of hydrazine groups is 1. The fourth-order valence-electron chi connectivity index (χ4n) is 1.89. The molecule has 2 amide bonds. The first-order valence-corrected chi connectivity index (χ1v) is 8.91. The van der Waals surface area contributed by atoms with Crippen LogP contribution >= 0.6 is 11.8 Å². The van der Waals surface area contributed by atoms with Gasteiger partial charge in [0.1, 0.15) is 6.10 Å². The van der Waals surface area contributed by atoms with Crippen molar-refractivity contribution in [2.45, 2.75) is 25.5 Å². The minimum Gasteiger partial charge on any atom is -0.382 e. The van der Waals surface area contributed by atoms with Crippen molar-refractivity contribution in [1.82, 2.24) is 10.9 Å². The predicted octanol–water partition coefficient (Wildman–Crippen LogP) is 0.345. The number of carbonyl (C=O) groups excluding carboxylic acids is 2. The fourth-order valence-corrected chi connectivity index (χ4v) is 2.62. The van der Waals surface area contributed by atoms with Gasteiger partial charge in [0, 0.05) is 31.4 Å². The van der Waals surface area contributed by atoms with E-state index >= 15 is 0 Å². The second kappa shape index (κ2) is 10.2. The number of aliphatic hydroxyl groups excluding tert-OH is 1. The quantitative estimate of drug-likeness (QED) is 0.396. The van der Waals surface area contributed by atoms with Crippen molar-refractivity contribution in [3.8, 4) is 0 Å². The van der Waals surface area contributed by atoms with Gasteiger partial charge in [-0.25, -0.2) is 0 Å². The van der Waals surface area contributed by atoms with Gasteiger partial charge in [0.25, 0.3) is 11.8 Å². The number of nitrogens with two attached hydrogens (primary N) is 1. The maximum absolute atomic E-state index is 12.0. The summed E-state index contributed by atoms with van der Waals surface area (Å²) in [7, 11) is 3.80. The van der Waals surface area contributed by atoms with E-state index in [0.29, 0.717) is 12.0 Å². The van der Waals surface area contributed by atoms with Crippen molar-refractivity contribution in [1.29, 1.82) is 0 Å². The Bertz CT molecular complexity index is 537. The van der Waals surface area contributed by atoms with E-state index in [1.807, 2.05) is 25.9 Å². The Morgan fingerprint density at radius 2 is 1.88 bits per heavy atom. The number of nitrogens with zero attached hydrogens (tertiary/aromatic N) is 1. The van der Waals surface area contributed by atoms with Gasteiger partial charge in [0.2, 0.25) is 0 Å². The second-order valence-electron chi connectivity index (χ2n) is 5.48. The van der Waals surface area contributed by atoms with Crippen LogP contribution < -0.4 is 21.5 Å². The van der Waals surface area contributed by atoms with Gasteiger partial charge in [-0.15, -0.1) is 0 Å². The maximum atomic E-state index is 12.0. The summed E-state index contributed by atoms with van der Waals surface area (Å²) >= 11 is 1.69. The van der Waals surface area contributed by atoms with Crippen molar-refractivity contribution in [2.75, 3.05) is 30.5 Å². The summed E-state index contributed by atoms with van der Waals surface area (Å²) in [6, 6.07) is 6.24. The molecule has 0 radical (unpaired) electrons. The molecule has 0 saturated carbocycles. The molecule has 24 heavy (non-hydrogen) atoms. The number of amides is 2. The number of aliphatic hydroxyl groups is 1. The Morgan fingerprint density at radius 1 is 1.25 bits per heavy atom. The normalized spacial score (nSPS) is 13.0. The molecular weight excluding hydrogens is 328 g/mol. The van der Waals surface area contributed by atoms with Crippen LogP contribution in [0.1, 0.15) is 23.7 Å². The molecule has 1 aromatic rings. The number of anilines is 1. The van der Waals surface area contributed by atoms with Gasteiger partial charge in [-0.1, -0.05) is 6.92 Å². The molecular formula is C16H26N4O3S. The third-order valence-electron chi connectivity index (χ3n) is 3.42. The van der Waals surface area contributed by atoms with Gasteiger partial charge in [-0.3, -0.25) is 20.4 Å². The average Bonchev–Trinajstić information content (AvgIpc) is 2.58. The van der Waals surface area contributed by atoms with Crippen molar-refractivity contribution in [3.63, 3.8) is 0 Å². The van der Waals surface area contributed by atoms with Crippen LogP contribution in [0.25, 0.3) is 0 Å². The van der Waals surface area contributed by atoms with E-state index in [0.717, 1.165) is 17.2 Å². The van der Waals surface area contributed by atoms with Crippen molar-refractivity contribution < 1.29 is 14.7 Å². The van der Waals surface area contributed by atoms with E-state index in [1.165, 1.54) is 0 Å². The van der Waals surface area contributed by atoms with Gasteiger partial charge < -0.3 is 15.7 Å². The van der Waals surface area contributed by atoms with Crippen LogP contribution in [-0.2, 0) is 4.79 Å². The molecule has 0 aliphatic rings. The predicted molar refractivity (Wildman–Crippen MR) is 98.0 cm³/mol. The number of hydrogen-bond donors (Lipinski definition) is 4. The largest absolute Gasteiger partial charge is 0.382 e. The highest BCUT2D eigenvalue weighted by Gasteiger charge is 2.23. The van der Waals surface area contributed by atoms with E-state index in [4.69, 9.17) is 5.73 Å². The Labute approximate surface area is 146 Å². The lowest BCUT2D eigenvalue weighted by Gasteiger charge is -2.18. The molecule has 7 nitrogen and oxygen atoms in total. The number of benzene rings is 1. The standard InChI is InChI=1S/C16H26N4O3S/c1-4-24-10-9-13(17)14(21)16(23)19-18-15(22)11-5-7-12(8-6-11)20(2)3/h5-8,13-14,21H,4,9-10,17H2,1-3H3,(H,18,22)(H,19,23)/t13-,14?/m1/s1. The zero-order chi connectivity index (χ0) is 18.1. The van der Waals surface area contributed by atoms with Gasteiger partial charge in [0.15, 0.2) is 0 Å². The molecule has 1 unspecified atom stereocenters. The molecule has 1 aromatic carbocycles. The number of thioether (sulfide) groups is 1. The molecule has 0 aromatic heterocycles. The molecule has 5 N–H and O–H groups in total. The number of hydrogen-bond acceptors (Lipinski definition) is 6. The summed E-state index contributed by atoms with van der Waals surface area (Å²) in [4.78, 5) is 25.7. The Hall–Kier alpha value is -1.77. The molecule has 8 heteroatoms. The highest BCUT2D eigenvalue weighted by Crippen LogP contribution is 2.12. The monoisotopic (exact) mass is 354 g/mol. The van der Waals surface area contributed by atoms with Crippen molar-refractivity contribution in [3.05, 3.63) is 29.8 Å². The Kier molecular flexibility index (Phi) is 8.59. The smallest absolute Gasteiger partial charge is 0.269 e. The van der Waals surface area contributed by atoms with Crippen LogP contribution in [0.15, 0.2) is 24.3 Å². The first-order valence-electron chi connectivity index (χ1n) is 7.75. The van der Waals surface area contributed by atoms with E-state index in [1.54, 1.807) is 36.0 Å². The van der Waals surface area contributed by atoms with Crippen molar-refractivity contribution >= 4 is 29.3 Å². The second-order valence-corrected chi connectivity index (χ2v) is 6.87. The number of carbonyl (C=O) groups is 2. The molecule has 0 saturated heterocycles. The number of nitrogens with one attached hydrogen (secondary N) is 2. The summed E-state index contributed by atoms with van der Waals surface area (Å²) in [6.07, 6.45) is -0.841. The summed E-state index contributed by atoms with van der Waals surface area (Å²) in [5.41, 5.74) is 11.6. The molecule has 0 bridgehead atoms. The van der Waals surface area contributed by atoms with E-state index in [-0.39, 0.29) is 0 Å². The fraction of sp³-hybridized carbons (Fsp3) is 0.500. The lowest BCUT2D eigenvalue weighted by atomic mass is 10.1. The van der Waals surface area contributed by atoms with Crippen LogP contribution in [0, 0.1) is 0 Å². The highest BCUT2D eigenvalue weighted by molar-refractivity contribution is 7.99. The van der Waals surface area contributed by atoms with Crippen LogP contribution in [-0.4, -0.2) is 54.7 Å². The average molecular weight is 354 g/mol. The lowest BCUT2D eigenvalue weighted by molar-refractivity contribution is -0.131. The van der Waals surface area contributed by atoms with Crippen LogP contribution in [0.4, 0.5) is 5.69 Å². The van der Waals surface area contributed by atoms with Crippen LogP contribution in [0.3, 0.4) is 0 Å². The molecule has 0 aliphatic heterocycles. The third-order valence-corrected chi connectivity index (χ3v) is 4.35. The number of rotatable bonds is 8. The zero-order valence-corrected chi connectivity index (χ0v) is 15.1. The first-order chi connectivity index (χ1) is 11.4. The topological polar surface area (TPSA) is 108 Å². The van der Waals surface area contributed by atoms with Gasteiger partial charge in [-0.05, 0) is 42.2 Å². The van der Waals surface area contributed by atoms with Crippen LogP contribution in [0.2, 0.25) is 0 Å². The molecule has 1 rings (SSSR count). The Balaban J connectivity index is 2.46. The van der Waals surface area contributed by atoms with Crippen LogP contribution in [0.5, 0.6) is 0 Å². The Morgan fingerprint density at radius 3 is 2.42 bits per heavy atom. The minimum absolute atomic E-state index is 0.402. The van der Waals surface area contributed by atoms with Crippen molar-refractivity contribution in [2.24, 2.45) is 5.73 Å². The summed E-state index contributed by atoms with van der Waals surface area (Å²) in [5, 5.41) is 9.86. The van der Waals surface area contributed by atoms with E-state index < -0.39 is 24.0 Å². The molecule has 0 heterocycles. The highest BCUT2D eigenvalue weighted by atomic mass is 32.2. The third kappa shape index (κ3) is 6.38. The lowest BCUT2D eigenvalue weighted by Crippen LogP contribution is -2.52. The maximum Gasteiger partial charge on any atom is 0.269 e. The molecule has 134 valence electrons. The molecule has 0 aliphatic carbocycles. The van der Waals surface area contributed by atoms with Gasteiger partial charge >= 0.3 is 0 Å². The summed E-state index contributed by atoms with van der Waals surface area (Å²) < 4.78 is 0. The summed E-state index contributed by atoms with van der Waals surface area (Å²) in [6.45, 7) is 2.03. The summed E-state index contributed by atoms with van der Waals surface area (Å²) in [5.74, 6) is 0.544. The van der Waals surface area contributed by atoms with Gasteiger partial charge in [-0.2, -0.15) is 11.8 Å². The van der Waals surface area contributed by atoms with Gasteiger partial charge in [0.05, 0.1) is 0 Å². The molecule has 0 spiro atoms. The first kappa shape index (κ1) is 20.3. The van der Waals surface area contributed by atoms with E-state index in [2.05, 4.69) is 10.9 Å². The molecule has 2 atom stereocenters. The minimum atomic E-state index is -1.36.